The predicted molar refractivity (Wildman–Crippen MR) is 137 cm³/mol. The third kappa shape index (κ3) is 5.21. The quantitative estimate of drug-likeness (QED) is 0.416. The molecule has 0 radical (unpaired) electrons. The minimum Gasteiger partial charge on any atom is -0.490 e. The third-order valence-corrected chi connectivity index (χ3v) is 5.70. The van der Waals surface area contributed by atoms with Crippen molar-refractivity contribution in [3.63, 3.8) is 0 Å². The highest BCUT2D eigenvalue weighted by Crippen LogP contribution is 2.26. The minimum absolute atomic E-state index is 0.0621. The number of nitrogens with zero attached hydrogens (tertiary/aromatic N) is 4. The van der Waals surface area contributed by atoms with Crippen LogP contribution >= 0.6 is 15.9 Å². The lowest BCUT2D eigenvalue weighted by Gasteiger charge is -2.21. The van der Waals surface area contributed by atoms with Crippen LogP contribution in [0, 0.1) is 0 Å². The molecule has 3 rings (SSSR count). The van der Waals surface area contributed by atoms with Gasteiger partial charge in [-0.2, -0.15) is 9.78 Å². The Bertz CT molecular complexity index is 1210. The van der Waals surface area contributed by atoms with Crippen LogP contribution in [0.1, 0.15) is 52.4 Å². The Hall–Kier alpha value is -2.67. The molecule has 1 heterocycles. The number of halogens is 1. The van der Waals surface area contributed by atoms with Crippen molar-refractivity contribution in [3.8, 4) is 5.75 Å². The fourth-order valence-electron chi connectivity index (χ4n) is 3.17. The van der Waals surface area contributed by atoms with Gasteiger partial charge in [0, 0.05) is 41.3 Å². The van der Waals surface area contributed by atoms with Crippen LogP contribution in [0.3, 0.4) is 0 Å². The summed E-state index contributed by atoms with van der Waals surface area (Å²) in [6, 6.07) is 11.5. The number of anilines is 1. The van der Waals surface area contributed by atoms with E-state index in [0.29, 0.717) is 16.7 Å². The summed E-state index contributed by atoms with van der Waals surface area (Å²) >= 11 is 3.45. The second kappa shape index (κ2) is 9.45. The van der Waals surface area contributed by atoms with E-state index in [1.807, 2.05) is 77.0 Å². The van der Waals surface area contributed by atoms with Crippen LogP contribution in [0.25, 0.3) is 10.9 Å². The Morgan fingerprint density at radius 3 is 2.56 bits per heavy atom. The van der Waals surface area contributed by atoms with Crippen molar-refractivity contribution < 1.29 is 4.74 Å². The second-order valence-corrected chi connectivity index (χ2v) is 10.1. The number of hydrogen-bond acceptors (Lipinski definition) is 5. The summed E-state index contributed by atoms with van der Waals surface area (Å²) in [5.74, 6) is 1.33. The Morgan fingerprint density at radius 1 is 1.22 bits per heavy atom. The van der Waals surface area contributed by atoms with Crippen molar-refractivity contribution in [1.82, 2.24) is 9.66 Å². The molecule has 0 amide bonds. The van der Waals surface area contributed by atoms with E-state index in [9.17, 15) is 4.79 Å². The number of fused-ring (bicyclic) bond motifs is 1. The zero-order valence-electron chi connectivity index (χ0n) is 19.8. The monoisotopic (exact) mass is 498 g/mol. The third-order valence-electron chi connectivity index (χ3n) is 5.21. The Morgan fingerprint density at radius 2 is 1.94 bits per heavy atom. The van der Waals surface area contributed by atoms with Gasteiger partial charge in [-0.15, -0.1) is 0 Å². The van der Waals surface area contributed by atoms with E-state index in [-0.39, 0.29) is 17.1 Å². The van der Waals surface area contributed by atoms with E-state index >= 15 is 0 Å². The van der Waals surface area contributed by atoms with Crippen LogP contribution in [0.4, 0.5) is 5.69 Å². The van der Waals surface area contributed by atoms with E-state index in [4.69, 9.17) is 9.72 Å². The first-order valence-corrected chi connectivity index (χ1v) is 11.6. The molecule has 0 aliphatic rings. The fraction of sp³-hybridized carbons (Fsp3) is 0.400. The van der Waals surface area contributed by atoms with E-state index in [1.165, 1.54) is 4.68 Å². The largest absolute Gasteiger partial charge is 0.490 e. The lowest BCUT2D eigenvalue weighted by Crippen LogP contribution is -2.29. The smallest absolute Gasteiger partial charge is 0.282 e. The standard InChI is InChI=1S/C25H31BrN4O2/c1-8-16(2)32-22-14-19(29(6)7)11-9-17(22)15-27-30-23(31)20-13-18(26)10-12-21(20)28-24(30)25(3,4)5/h9-16H,8H2,1-7H3/t16-/m1/s1. The first kappa shape index (κ1) is 24.0. The van der Waals surface area contributed by atoms with Gasteiger partial charge in [-0.25, -0.2) is 4.98 Å². The molecule has 1 aromatic heterocycles. The van der Waals surface area contributed by atoms with Crippen molar-refractivity contribution >= 4 is 38.7 Å². The molecule has 6 nitrogen and oxygen atoms in total. The SMILES string of the molecule is CC[C@@H](C)Oc1cc(N(C)C)ccc1C=Nn1c(C(C)(C)C)nc2ccc(Br)cc2c1=O. The second-order valence-electron chi connectivity index (χ2n) is 9.16. The van der Waals surface area contributed by atoms with Gasteiger partial charge < -0.3 is 9.64 Å². The first-order chi connectivity index (χ1) is 15.0. The Kier molecular flexibility index (Phi) is 7.08. The molecule has 32 heavy (non-hydrogen) atoms. The molecule has 0 spiro atoms. The van der Waals surface area contributed by atoms with Crippen LogP contribution in [0.5, 0.6) is 5.75 Å². The van der Waals surface area contributed by atoms with Gasteiger partial charge in [-0.1, -0.05) is 43.6 Å². The summed E-state index contributed by atoms with van der Waals surface area (Å²) in [5.41, 5.74) is 1.92. The van der Waals surface area contributed by atoms with Crippen molar-refractivity contribution in [1.29, 1.82) is 0 Å². The highest BCUT2D eigenvalue weighted by Gasteiger charge is 2.23. The van der Waals surface area contributed by atoms with E-state index in [1.54, 1.807) is 12.3 Å². The summed E-state index contributed by atoms with van der Waals surface area (Å²) in [6.07, 6.45) is 2.63. The van der Waals surface area contributed by atoms with Crippen LogP contribution in [-0.4, -0.2) is 36.1 Å². The molecule has 0 unspecified atom stereocenters. The average molecular weight is 499 g/mol. The van der Waals surface area contributed by atoms with Gasteiger partial charge in [0.05, 0.1) is 23.2 Å². The molecular formula is C25H31BrN4O2. The number of rotatable bonds is 6. The molecule has 0 N–H and O–H groups in total. The van der Waals surface area contributed by atoms with Crippen LogP contribution < -0.4 is 15.2 Å². The fourth-order valence-corrected chi connectivity index (χ4v) is 3.53. The number of hydrogen-bond donors (Lipinski definition) is 0. The Labute approximate surface area is 198 Å². The molecule has 170 valence electrons. The van der Waals surface area contributed by atoms with Crippen molar-refractivity contribution in [2.24, 2.45) is 5.10 Å². The molecule has 0 fully saturated rings. The van der Waals surface area contributed by atoms with Crippen molar-refractivity contribution in [3.05, 3.63) is 62.6 Å². The summed E-state index contributed by atoms with van der Waals surface area (Å²) in [7, 11) is 3.98. The van der Waals surface area contributed by atoms with Crippen molar-refractivity contribution in [2.75, 3.05) is 19.0 Å². The molecule has 0 aliphatic heterocycles. The topological polar surface area (TPSA) is 59.7 Å². The predicted octanol–water partition coefficient (Wildman–Crippen LogP) is 5.58. The highest BCUT2D eigenvalue weighted by atomic mass is 79.9. The van der Waals surface area contributed by atoms with Crippen LogP contribution in [-0.2, 0) is 5.41 Å². The van der Waals surface area contributed by atoms with Gasteiger partial charge in [-0.3, -0.25) is 4.79 Å². The van der Waals surface area contributed by atoms with Gasteiger partial charge in [0.15, 0.2) is 0 Å². The van der Waals surface area contributed by atoms with Crippen LogP contribution in [0.15, 0.2) is 50.8 Å². The lowest BCUT2D eigenvalue weighted by molar-refractivity contribution is 0.217. The minimum atomic E-state index is -0.372. The first-order valence-electron chi connectivity index (χ1n) is 10.8. The molecule has 0 aliphatic carbocycles. The van der Waals surface area contributed by atoms with E-state index < -0.39 is 0 Å². The lowest BCUT2D eigenvalue weighted by atomic mass is 9.95. The van der Waals surface area contributed by atoms with Crippen LogP contribution in [0.2, 0.25) is 0 Å². The molecular weight excluding hydrogens is 468 g/mol. The Balaban J connectivity index is 2.17. The summed E-state index contributed by atoms with van der Waals surface area (Å²) in [6.45, 7) is 10.2. The van der Waals surface area contributed by atoms with Crippen molar-refractivity contribution in [2.45, 2.75) is 52.6 Å². The van der Waals surface area contributed by atoms with E-state index in [2.05, 4.69) is 28.0 Å². The van der Waals surface area contributed by atoms with E-state index in [0.717, 1.165) is 27.9 Å². The molecule has 0 bridgehead atoms. The van der Waals surface area contributed by atoms with Gasteiger partial charge in [-0.05, 0) is 43.7 Å². The molecule has 2 aromatic carbocycles. The highest BCUT2D eigenvalue weighted by molar-refractivity contribution is 9.10. The molecule has 0 saturated heterocycles. The average Bonchev–Trinajstić information content (AvgIpc) is 2.73. The number of aromatic nitrogens is 2. The normalized spacial score (nSPS) is 13.0. The van der Waals surface area contributed by atoms with Gasteiger partial charge in [0.25, 0.3) is 5.56 Å². The summed E-state index contributed by atoms with van der Waals surface area (Å²) < 4.78 is 8.39. The van der Waals surface area contributed by atoms with Gasteiger partial charge in [0.1, 0.15) is 11.6 Å². The molecule has 3 aromatic rings. The zero-order chi connectivity index (χ0) is 23.6. The maximum absolute atomic E-state index is 13.4. The maximum atomic E-state index is 13.4. The number of benzene rings is 2. The van der Waals surface area contributed by atoms with Gasteiger partial charge >= 0.3 is 0 Å². The maximum Gasteiger partial charge on any atom is 0.282 e. The number of ether oxygens (including phenoxy) is 1. The summed E-state index contributed by atoms with van der Waals surface area (Å²) in [4.78, 5) is 20.2. The van der Waals surface area contributed by atoms with Gasteiger partial charge in [0.2, 0.25) is 0 Å². The zero-order valence-corrected chi connectivity index (χ0v) is 21.4. The molecule has 7 heteroatoms. The summed E-state index contributed by atoms with van der Waals surface area (Å²) in [5, 5.41) is 5.12. The molecule has 0 saturated carbocycles. The molecule has 1 atom stereocenters.